The summed E-state index contributed by atoms with van der Waals surface area (Å²) in [5.41, 5.74) is 5.57. The molecule has 1 N–H and O–H groups in total. The fourth-order valence-corrected chi connectivity index (χ4v) is 3.76. The van der Waals surface area contributed by atoms with Gasteiger partial charge in [0.25, 0.3) is 5.91 Å². The predicted molar refractivity (Wildman–Crippen MR) is 111 cm³/mol. The van der Waals surface area contributed by atoms with E-state index in [0.29, 0.717) is 42.3 Å². The summed E-state index contributed by atoms with van der Waals surface area (Å²) in [6.45, 7) is 9.28. The number of rotatable bonds is 4. The maximum absolute atomic E-state index is 13.1. The van der Waals surface area contributed by atoms with E-state index >= 15 is 0 Å². The van der Waals surface area contributed by atoms with Crippen LogP contribution in [0.3, 0.4) is 0 Å². The van der Waals surface area contributed by atoms with Crippen molar-refractivity contribution < 1.29 is 14.1 Å². The van der Waals surface area contributed by atoms with Crippen molar-refractivity contribution in [3.8, 4) is 0 Å². The van der Waals surface area contributed by atoms with E-state index in [1.165, 1.54) is 0 Å². The van der Waals surface area contributed by atoms with Crippen molar-refractivity contribution in [1.82, 2.24) is 19.8 Å². The minimum absolute atomic E-state index is 0.0543. The number of aryl methyl sites for hydroxylation is 4. The first kappa shape index (κ1) is 19.9. The maximum atomic E-state index is 13.1. The number of hydrogen-bond donors (Lipinski definition) is 1. The second-order valence-electron chi connectivity index (χ2n) is 7.78. The van der Waals surface area contributed by atoms with Crippen molar-refractivity contribution in [2.75, 3.05) is 11.9 Å². The lowest BCUT2D eigenvalue weighted by Crippen LogP contribution is -2.38. The van der Waals surface area contributed by atoms with E-state index in [-0.39, 0.29) is 18.2 Å². The quantitative estimate of drug-likeness (QED) is 0.718. The van der Waals surface area contributed by atoms with E-state index in [4.69, 9.17) is 4.52 Å². The third-order valence-electron chi connectivity index (χ3n) is 5.48. The van der Waals surface area contributed by atoms with Gasteiger partial charge in [0.05, 0.1) is 36.6 Å². The van der Waals surface area contributed by atoms with Crippen LogP contribution in [0.2, 0.25) is 0 Å². The number of carbonyl (C=O) groups is 2. The normalized spacial score (nSPS) is 13.3. The van der Waals surface area contributed by atoms with Gasteiger partial charge < -0.3 is 14.7 Å². The van der Waals surface area contributed by atoms with E-state index < -0.39 is 0 Å². The summed E-state index contributed by atoms with van der Waals surface area (Å²) in [6, 6.07) is 7.42. The molecule has 1 aliphatic heterocycles. The van der Waals surface area contributed by atoms with Crippen LogP contribution in [0.4, 0.5) is 5.69 Å². The molecule has 1 aromatic carbocycles. The van der Waals surface area contributed by atoms with Crippen molar-refractivity contribution in [3.05, 3.63) is 63.8 Å². The van der Waals surface area contributed by atoms with Gasteiger partial charge in [0.2, 0.25) is 5.91 Å². The first-order valence-corrected chi connectivity index (χ1v) is 9.96. The Morgan fingerprint density at radius 2 is 1.93 bits per heavy atom. The third kappa shape index (κ3) is 3.85. The average Bonchev–Trinajstić information content (AvgIpc) is 3.24. The molecule has 3 aromatic rings. The summed E-state index contributed by atoms with van der Waals surface area (Å²) in [4.78, 5) is 27.5. The molecule has 0 aliphatic carbocycles. The van der Waals surface area contributed by atoms with Gasteiger partial charge in [0.15, 0.2) is 0 Å². The molecule has 2 aromatic heterocycles. The monoisotopic (exact) mass is 407 g/mol. The topological polar surface area (TPSA) is 93.3 Å². The molecule has 4 rings (SSSR count). The average molecular weight is 407 g/mol. The van der Waals surface area contributed by atoms with Gasteiger partial charge in [-0.15, -0.1) is 0 Å². The Balaban J connectivity index is 1.49. The van der Waals surface area contributed by atoms with E-state index in [0.717, 1.165) is 22.5 Å². The van der Waals surface area contributed by atoms with Crippen molar-refractivity contribution in [2.24, 2.45) is 0 Å². The lowest BCUT2D eigenvalue weighted by molar-refractivity contribution is -0.115. The smallest absolute Gasteiger partial charge is 0.254 e. The summed E-state index contributed by atoms with van der Waals surface area (Å²) in [5.74, 6) is 0.415. The van der Waals surface area contributed by atoms with Gasteiger partial charge in [-0.1, -0.05) is 11.2 Å². The number of anilines is 1. The predicted octanol–water partition coefficient (Wildman–Crippen LogP) is 2.94. The number of aromatic nitrogens is 3. The molecule has 3 heterocycles. The summed E-state index contributed by atoms with van der Waals surface area (Å²) < 4.78 is 7.08. The highest BCUT2D eigenvalue weighted by molar-refractivity contribution is 5.98. The van der Waals surface area contributed by atoms with E-state index in [9.17, 15) is 9.59 Å². The van der Waals surface area contributed by atoms with Crippen LogP contribution in [-0.2, 0) is 24.3 Å². The number of nitrogens with one attached hydrogen (secondary N) is 1. The zero-order valence-electron chi connectivity index (χ0n) is 17.7. The zero-order valence-corrected chi connectivity index (χ0v) is 17.7. The minimum Gasteiger partial charge on any atom is -0.361 e. The molecular formula is C22H25N5O3. The van der Waals surface area contributed by atoms with Gasteiger partial charge in [-0.05, 0) is 51.5 Å². The molecule has 30 heavy (non-hydrogen) atoms. The molecule has 0 spiro atoms. The Morgan fingerprint density at radius 3 is 2.67 bits per heavy atom. The minimum atomic E-state index is -0.172. The number of carbonyl (C=O) groups excluding carboxylic acids is 2. The highest BCUT2D eigenvalue weighted by Crippen LogP contribution is 2.22. The summed E-state index contributed by atoms with van der Waals surface area (Å²) >= 11 is 0. The van der Waals surface area contributed by atoms with Crippen molar-refractivity contribution in [3.63, 3.8) is 0 Å². The molecule has 156 valence electrons. The lowest BCUT2D eigenvalue weighted by Gasteiger charge is -2.28. The van der Waals surface area contributed by atoms with Gasteiger partial charge in [-0.25, -0.2) is 0 Å². The van der Waals surface area contributed by atoms with Crippen molar-refractivity contribution in [2.45, 2.75) is 47.2 Å². The van der Waals surface area contributed by atoms with Crippen LogP contribution in [0.5, 0.6) is 0 Å². The van der Waals surface area contributed by atoms with Gasteiger partial charge in [-0.2, -0.15) is 5.10 Å². The molecule has 8 nitrogen and oxygen atoms in total. The molecule has 0 atom stereocenters. The fourth-order valence-electron chi connectivity index (χ4n) is 3.76. The summed E-state index contributed by atoms with van der Waals surface area (Å²) in [7, 11) is 0. The Morgan fingerprint density at radius 1 is 1.13 bits per heavy atom. The number of amides is 2. The Bertz CT molecular complexity index is 1110. The molecule has 0 unspecified atom stereocenters. The van der Waals surface area contributed by atoms with Crippen LogP contribution in [0, 0.1) is 27.7 Å². The molecule has 8 heteroatoms. The first-order valence-electron chi connectivity index (χ1n) is 9.96. The number of nitrogens with zero attached hydrogens (tertiary/aromatic N) is 4. The van der Waals surface area contributed by atoms with Crippen LogP contribution in [0.1, 0.15) is 44.3 Å². The molecule has 0 fully saturated rings. The second kappa shape index (κ2) is 7.78. The van der Waals surface area contributed by atoms with Crippen LogP contribution in [0.25, 0.3) is 0 Å². The third-order valence-corrected chi connectivity index (χ3v) is 5.48. The molecule has 1 aliphatic rings. The Hall–Kier alpha value is -3.42. The first-order chi connectivity index (χ1) is 14.3. The molecular weight excluding hydrogens is 382 g/mol. The van der Waals surface area contributed by atoms with Gasteiger partial charge in [0, 0.05) is 23.4 Å². The summed E-state index contributed by atoms with van der Waals surface area (Å²) in [6.07, 6.45) is 0.175. The Labute approximate surface area is 174 Å². The SMILES string of the molecule is Cc1cc2n(n1)CCN(C(=O)c1ccc(C)c(NC(=O)Cc3c(C)noc3C)c1)C2. The largest absolute Gasteiger partial charge is 0.361 e. The maximum Gasteiger partial charge on any atom is 0.254 e. The highest BCUT2D eigenvalue weighted by Gasteiger charge is 2.23. The van der Waals surface area contributed by atoms with Gasteiger partial charge >= 0.3 is 0 Å². The van der Waals surface area contributed by atoms with Crippen molar-refractivity contribution >= 4 is 17.5 Å². The fraction of sp³-hybridized carbons (Fsp3) is 0.364. The van der Waals surface area contributed by atoms with Gasteiger partial charge in [0.1, 0.15) is 5.76 Å². The van der Waals surface area contributed by atoms with Crippen LogP contribution in [-0.4, -0.2) is 38.2 Å². The molecule has 2 amide bonds. The number of hydrogen-bond acceptors (Lipinski definition) is 5. The second-order valence-corrected chi connectivity index (χ2v) is 7.78. The molecule has 0 radical (unpaired) electrons. The van der Waals surface area contributed by atoms with E-state index in [1.54, 1.807) is 19.1 Å². The zero-order chi connectivity index (χ0) is 21.4. The van der Waals surface area contributed by atoms with Crippen LogP contribution in [0.15, 0.2) is 28.8 Å². The Kier molecular flexibility index (Phi) is 5.15. The van der Waals surface area contributed by atoms with E-state index in [1.807, 2.05) is 42.5 Å². The van der Waals surface area contributed by atoms with Crippen LogP contribution >= 0.6 is 0 Å². The lowest BCUT2D eigenvalue weighted by atomic mass is 10.1. The molecule has 0 saturated heterocycles. The number of benzene rings is 1. The van der Waals surface area contributed by atoms with Gasteiger partial charge in [-0.3, -0.25) is 14.3 Å². The van der Waals surface area contributed by atoms with Crippen LogP contribution < -0.4 is 5.32 Å². The summed E-state index contributed by atoms with van der Waals surface area (Å²) in [5, 5.41) is 11.3. The number of fused-ring (bicyclic) bond motifs is 1. The van der Waals surface area contributed by atoms with Crippen molar-refractivity contribution in [1.29, 1.82) is 0 Å². The molecule has 0 bridgehead atoms. The highest BCUT2D eigenvalue weighted by atomic mass is 16.5. The molecule has 0 saturated carbocycles. The van der Waals surface area contributed by atoms with E-state index in [2.05, 4.69) is 15.6 Å². The standard InChI is InChI=1S/C22H25N5O3/c1-13-5-6-17(22(29)26-7-8-27-18(12-26)9-14(2)24-27)10-20(13)23-21(28)11-19-15(3)25-30-16(19)4/h5-6,9-10H,7-8,11-12H2,1-4H3,(H,23,28).